The van der Waals surface area contributed by atoms with Gasteiger partial charge in [-0.15, -0.1) is 0 Å². The summed E-state index contributed by atoms with van der Waals surface area (Å²) in [6.07, 6.45) is 5.57. The summed E-state index contributed by atoms with van der Waals surface area (Å²) in [6.45, 7) is 1.94. The summed E-state index contributed by atoms with van der Waals surface area (Å²) < 4.78 is 0. The second kappa shape index (κ2) is 5.12. The Balaban J connectivity index is 1.52. The molecule has 106 valence electrons. The van der Waals surface area contributed by atoms with Crippen LogP contribution in [0.5, 0.6) is 0 Å². The lowest BCUT2D eigenvalue weighted by molar-refractivity contribution is 0.484. The summed E-state index contributed by atoms with van der Waals surface area (Å²) >= 11 is 0. The van der Waals surface area contributed by atoms with Crippen LogP contribution in [-0.2, 0) is 0 Å². The highest BCUT2D eigenvalue weighted by Gasteiger charge is 2.23. The van der Waals surface area contributed by atoms with Crippen LogP contribution in [0.3, 0.4) is 0 Å². The number of aromatic amines is 1. The molecule has 1 fully saturated rings. The molecule has 0 radical (unpaired) electrons. The summed E-state index contributed by atoms with van der Waals surface area (Å²) in [5.74, 6) is 2.43. The maximum Gasteiger partial charge on any atom is 0.147 e. The van der Waals surface area contributed by atoms with Crippen molar-refractivity contribution in [3.05, 3.63) is 42.6 Å². The minimum atomic E-state index is 0.470. The third-order valence-electron chi connectivity index (χ3n) is 4.08. The normalized spacial score (nSPS) is 16.5. The number of piperidine rings is 1. The van der Waals surface area contributed by atoms with E-state index in [1.165, 1.54) is 0 Å². The second-order valence-electron chi connectivity index (χ2n) is 5.35. The van der Waals surface area contributed by atoms with Gasteiger partial charge in [-0.25, -0.2) is 9.97 Å². The Morgan fingerprint density at radius 1 is 1.05 bits per heavy atom. The number of fused-ring (bicyclic) bond motifs is 1. The van der Waals surface area contributed by atoms with Crippen LogP contribution in [-0.4, -0.2) is 38.2 Å². The van der Waals surface area contributed by atoms with Gasteiger partial charge in [0, 0.05) is 19.0 Å². The molecule has 2 aromatic heterocycles. The fraction of sp³-hybridized carbons (Fsp3) is 0.333. The topological polar surface area (TPSA) is 70.6 Å². The van der Waals surface area contributed by atoms with Crippen molar-refractivity contribution in [2.75, 3.05) is 18.0 Å². The van der Waals surface area contributed by atoms with Crippen molar-refractivity contribution < 1.29 is 0 Å². The van der Waals surface area contributed by atoms with Crippen LogP contribution < -0.4 is 4.90 Å². The van der Waals surface area contributed by atoms with E-state index in [0.29, 0.717) is 5.92 Å². The fourth-order valence-corrected chi connectivity index (χ4v) is 2.89. The lowest BCUT2D eigenvalue weighted by Crippen LogP contribution is -2.33. The average molecular weight is 280 g/mol. The number of nitrogens with one attached hydrogen (secondary N) is 1. The number of rotatable bonds is 2. The molecule has 1 aliphatic rings. The minimum absolute atomic E-state index is 0.470. The highest BCUT2D eigenvalue weighted by atomic mass is 15.2. The van der Waals surface area contributed by atoms with E-state index in [1.54, 1.807) is 6.33 Å². The third kappa shape index (κ3) is 2.33. The van der Waals surface area contributed by atoms with Gasteiger partial charge in [-0.3, -0.25) is 10.1 Å². The van der Waals surface area contributed by atoms with Crippen LogP contribution in [0.1, 0.15) is 24.6 Å². The number of hydrogen-bond acceptors (Lipinski definition) is 5. The highest BCUT2D eigenvalue weighted by molar-refractivity contribution is 5.75. The number of aromatic nitrogens is 5. The van der Waals surface area contributed by atoms with E-state index in [2.05, 4.69) is 25.1 Å². The van der Waals surface area contributed by atoms with Crippen LogP contribution in [0.2, 0.25) is 0 Å². The first kappa shape index (κ1) is 12.3. The van der Waals surface area contributed by atoms with Crippen LogP contribution >= 0.6 is 0 Å². The predicted molar refractivity (Wildman–Crippen MR) is 80.1 cm³/mol. The number of anilines is 1. The standard InChI is InChI=1S/C15H16N6/c1-2-4-13-12(3-1)16-9-14(19-13)21-7-5-11(6-8-21)15-17-10-18-20-15/h1-4,9-11H,5-8H2,(H,17,18,20). The largest absolute Gasteiger partial charge is 0.355 e. The molecular weight excluding hydrogens is 264 g/mol. The van der Waals surface area contributed by atoms with E-state index < -0.39 is 0 Å². The molecule has 0 aliphatic carbocycles. The zero-order valence-electron chi connectivity index (χ0n) is 11.6. The average Bonchev–Trinajstić information content (AvgIpc) is 3.09. The van der Waals surface area contributed by atoms with Crippen LogP contribution in [0.4, 0.5) is 5.82 Å². The maximum absolute atomic E-state index is 4.71. The number of benzene rings is 1. The van der Waals surface area contributed by atoms with Crippen molar-refractivity contribution >= 4 is 16.9 Å². The molecule has 1 N–H and O–H groups in total. The van der Waals surface area contributed by atoms with Crippen molar-refractivity contribution in [1.82, 2.24) is 25.1 Å². The summed E-state index contributed by atoms with van der Waals surface area (Å²) in [4.78, 5) is 15.8. The molecule has 0 saturated carbocycles. The van der Waals surface area contributed by atoms with Gasteiger partial charge in [0.05, 0.1) is 17.2 Å². The molecule has 0 amide bonds. The lowest BCUT2D eigenvalue weighted by Gasteiger charge is -2.31. The smallest absolute Gasteiger partial charge is 0.147 e. The monoisotopic (exact) mass is 280 g/mol. The zero-order chi connectivity index (χ0) is 14.1. The van der Waals surface area contributed by atoms with E-state index >= 15 is 0 Å². The molecule has 3 aromatic rings. The third-order valence-corrected chi connectivity index (χ3v) is 4.08. The Bertz CT molecular complexity index is 731. The fourth-order valence-electron chi connectivity index (χ4n) is 2.89. The number of nitrogens with zero attached hydrogens (tertiary/aromatic N) is 5. The molecular formula is C15H16N6. The Kier molecular flexibility index (Phi) is 2.99. The van der Waals surface area contributed by atoms with Crippen molar-refractivity contribution in [3.8, 4) is 0 Å². The molecule has 6 heteroatoms. The summed E-state index contributed by atoms with van der Waals surface area (Å²) in [5, 5.41) is 6.91. The molecule has 0 atom stereocenters. The first-order valence-corrected chi connectivity index (χ1v) is 7.22. The first-order chi connectivity index (χ1) is 10.4. The van der Waals surface area contributed by atoms with E-state index in [-0.39, 0.29) is 0 Å². The van der Waals surface area contributed by atoms with Gasteiger partial charge in [0.25, 0.3) is 0 Å². The molecule has 4 rings (SSSR count). The maximum atomic E-state index is 4.71. The molecule has 1 aliphatic heterocycles. The first-order valence-electron chi connectivity index (χ1n) is 7.22. The van der Waals surface area contributed by atoms with Crippen molar-refractivity contribution in [3.63, 3.8) is 0 Å². The van der Waals surface area contributed by atoms with Gasteiger partial charge in [-0.2, -0.15) is 5.10 Å². The van der Waals surface area contributed by atoms with E-state index in [1.807, 2.05) is 30.5 Å². The second-order valence-corrected chi connectivity index (χ2v) is 5.35. The predicted octanol–water partition coefficient (Wildman–Crippen LogP) is 2.13. The van der Waals surface area contributed by atoms with Gasteiger partial charge in [-0.1, -0.05) is 12.1 Å². The van der Waals surface area contributed by atoms with Crippen LogP contribution in [0.25, 0.3) is 11.0 Å². The summed E-state index contributed by atoms with van der Waals surface area (Å²) in [5.41, 5.74) is 1.89. The molecule has 0 spiro atoms. The van der Waals surface area contributed by atoms with Gasteiger partial charge in [-0.05, 0) is 25.0 Å². The van der Waals surface area contributed by atoms with Crippen LogP contribution in [0, 0.1) is 0 Å². The quantitative estimate of drug-likeness (QED) is 0.778. The van der Waals surface area contributed by atoms with Crippen LogP contribution in [0.15, 0.2) is 36.8 Å². The number of hydrogen-bond donors (Lipinski definition) is 1. The molecule has 21 heavy (non-hydrogen) atoms. The highest BCUT2D eigenvalue weighted by Crippen LogP contribution is 2.27. The molecule has 1 aromatic carbocycles. The lowest BCUT2D eigenvalue weighted by atomic mass is 9.96. The van der Waals surface area contributed by atoms with Crippen molar-refractivity contribution in [2.24, 2.45) is 0 Å². The number of para-hydroxylation sites is 2. The van der Waals surface area contributed by atoms with E-state index in [0.717, 1.165) is 48.6 Å². The minimum Gasteiger partial charge on any atom is -0.355 e. The van der Waals surface area contributed by atoms with Gasteiger partial charge in [0.15, 0.2) is 0 Å². The molecule has 0 bridgehead atoms. The summed E-state index contributed by atoms with van der Waals surface area (Å²) in [6, 6.07) is 7.98. The zero-order valence-corrected chi connectivity index (χ0v) is 11.6. The van der Waals surface area contributed by atoms with Gasteiger partial charge in [0.1, 0.15) is 18.0 Å². The SMILES string of the molecule is c1ccc2nc(N3CCC(c4ncn[nH]4)CC3)cnc2c1. The molecule has 0 unspecified atom stereocenters. The number of H-pyrrole nitrogens is 1. The Morgan fingerprint density at radius 3 is 2.62 bits per heavy atom. The van der Waals surface area contributed by atoms with E-state index in [4.69, 9.17) is 4.98 Å². The Morgan fingerprint density at radius 2 is 1.86 bits per heavy atom. The van der Waals surface area contributed by atoms with Crippen molar-refractivity contribution in [1.29, 1.82) is 0 Å². The Labute approximate surface area is 122 Å². The molecule has 3 heterocycles. The van der Waals surface area contributed by atoms with Crippen molar-refractivity contribution in [2.45, 2.75) is 18.8 Å². The van der Waals surface area contributed by atoms with Gasteiger partial charge >= 0.3 is 0 Å². The van der Waals surface area contributed by atoms with Gasteiger partial charge in [0.2, 0.25) is 0 Å². The summed E-state index contributed by atoms with van der Waals surface area (Å²) in [7, 11) is 0. The Hall–Kier alpha value is -2.50. The molecule has 1 saturated heterocycles. The van der Waals surface area contributed by atoms with Gasteiger partial charge < -0.3 is 4.90 Å². The molecule has 6 nitrogen and oxygen atoms in total. The van der Waals surface area contributed by atoms with E-state index in [9.17, 15) is 0 Å².